The van der Waals surface area contributed by atoms with E-state index in [0.717, 1.165) is 26.7 Å². The molecule has 1 aromatic carbocycles. The second-order valence-corrected chi connectivity index (χ2v) is 8.41. The monoisotopic (exact) mass is 429 g/mol. The number of carbonyl (C=O) groups is 1. The van der Waals surface area contributed by atoms with Crippen LogP contribution in [0.3, 0.4) is 0 Å². The van der Waals surface area contributed by atoms with Crippen LogP contribution in [0.25, 0.3) is 10.2 Å². The minimum Gasteiger partial charge on any atom is -0.337 e. The van der Waals surface area contributed by atoms with Gasteiger partial charge in [-0.25, -0.2) is 18.7 Å². The van der Waals surface area contributed by atoms with Crippen LogP contribution in [-0.4, -0.2) is 52.9 Å². The molecule has 156 valence electrons. The van der Waals surface area contributed by atoms with Gasteiger partial charge >= 0.3 is 0 Å². The van der Waals surface area contributed by atoms with Gasteiger partial charge in [0.25, 0.3) is 0 Å². The largest absolute Gasteiger partial charge is 0.337 e. The van der Waals surface area contributed by atoms with Crippen molar-refractivity contribution in [1.82, 2.24) is 19.8 Å². The molecule has 1 aliphatic rings. The third-order valence-corrected chi connectivity index (χ3v) is 5.99. The third kappa shape index (κ3) is 4.17. The lowest BCUT2D eigenvalue weighted by Gasteiger charge is -2.26. The Hall–Kier alpha value is -2.91. The lowest BCUT2D eigenvalue weighted by molar-refractivity contribution is -0.126. The summed E-state index contributed by atoms with van der Waals surface area (Å²) in [5.41, 5.74) is 1.22. The summed E-state index contributed by atoms with van der Waals surface area (Å²) in [6.45, 7) is 1.80. The van der Waals surface area contributed by atoms with Crippen molar-refractivity contribution in [2.45, 2.75) is 13.0 Å². The first kappa shape index (κ1) is 20.4. The van der Waals surface area contributed by atoms with Crippen LogP contribution in [0.4, 0.5) is 20.3 Å². The van der Waals surface area contributed by atoms with E-state index in [2.05, 4.69) is 15.3 Å². The maximum atomic E-state index is 14.1. The molecule has 1 aliphatic heterocycles. The average Bonchev–Trinajstić information content (AvgIpc) is 3.08. The predicted molar refractivity (Wildman–Crippen MR) is 114 cm³/mol. The van der Waals surface area contributed by atoms with E-state index >= 15 is 0 Å². The minimum atomic E-state index is -0.688. The highest BCUT2D eigenvalue weighted by Crippen LogP contribution is 2.38. The molecule has 0 saturated heterocycles. The molecule has 6 nitrogen and oxygen atoms in total. The van der Waals surface area contributed by atoms with Gasteiger partial charge in [-0.2, -0.15) is 0 Å². The molecule has 0 aliphatic carbocycles. The highest BCUT2D eigenvalue weighted by molar-refractivity contribution is 7.19. The number of halogens is 2. The van der Waals surface area contributed by atoms with Crippen molar-refractivity contribution >= 4 is 39.0 Å². The van der Waals surface area contributed by atoms with Crippen LogP contribution in [0, 0.1) is 11.6 Å². The minimum absolute atomic E-state index is 0.0160. The van der Waals surface area contributed by atoms with Gasteiger partial charge in [0.15, 0.2) is 0 Å². The number of fused-ring (bicyclic) bond motifs is 3. The zero-order chi connectivity index (χ0) is 21.3. The molecule has 4 rings (SSSR count). The van der Waals surface area contributed by atoms with Crippen LogP contribution >= 0.6 is 11.3 Å². The maximum Gasteiger partial charge on any atom is 0.246 e. The van der Waals surface area contributed by atoms with E-state index in [0.29, 0.717) is 31.9 Å². The standard InChI is InChI=1S/C21H21F2N5OS/c1-27(2)8-3-4-18(29)28-9-7-14-17(11-28)30-21-19(14)20(24-12-25-21)26-16-6-5-13(22)10-15(16)23/h3-6,10,12H,7-9,11H2,1-2H3,(H,24,25,26). The van der Waals surface area contributed by atoms with Crippen LogP contribution in [0.15, 0.2) is 36.7 Å². The van der Waals surface area contributed by atoms with E-state index in [-0.39, 0.29) is 11.6 Å². The van der Waals surface area contributed by atoms with E-state index in [4.69, 9.17) is 0 Å². The van der Waals surface area contributed by atoms with Gasteiger partial charge in [-0.1, -0.05) is 6.08 Å². The second kappa shape index (κ2) is 8.45. The first-order chi connectivity index (χ1) is 14.4. The molecule has 0 radical (unpaired) electrons. The summed E-state index contributed by atoms with van der Waals surface area (Å²) in [6.07, 6.45) is 5.55. The lowest BCUT2D eigenvalue weighted by atomic mass is 10.0. The average molecular weight is 429 g/mol. The number of hydrogen-bond acceptors (Lipinski definition) is 6. The molecule has 0 bridgehead atoms. The highest BCUT2D eigenvalue weighted by atomic mass is 32.1. The van der Waals surface area contributed by atoms with Crippen molar-refractivity contribution in [2.75, 3.05) is 32.5 Å². The summed E-state index contributed by atoms with van der Waals surface area (Å²) in [6, 6.07) is 3.37. The van der Waals surface area contributed by atoms with E-state index < -0.39 is 11.6 Å². The number of benzene rings is 1. The Morgan fingerprint density at radius 1 is 1.33 bits per heavy atom. The third-order valence-electron chi connectivity index (χ3n) is 4.86. The number of likely N-dealkylation sites (N-methyl/N-ethyl adjacent to an activating group) is 1. The number of thiophene rings is 1. The summed E-state index contributed by atoms with van der Waals surface area (Å²) in [5, 5.41) is 3.80. The molecule has 0 saturated carbocycles. The zero-order valence-corrected chi connectivity index (χ0v) is 17.5. The van der Waals surface area contributed by atoms with Crippen molar-refractivity contribution < 1.29 is 13.6 Å². The number of rotatable bonds is 5. The van der Waals surface area contributed by atoms with Gasteiger partial charge in [-0.3, -0.25) is 4.79 Å². The zero-order valence-electron chi connectivity index (χ0n) is 16.7. The summed E-state index contributed by atoms with van der Waals surface area (Å²) >= 11 is 1.51. The normalized spacial score (nSPS) is 14.0. The topological polar surface area (TPSA) is 61.4 Å². The van der Waals surface area contributed by atoms with Gasteiger partial charge in [-0.05, 0) is 38.2 Å². The molecule has 0 spiro atoms. The Balaban J connectivity index is 1.60. The fraction of sp³-hybridized carbons (Fsp3) is 0.286. The Morgan fingerprint density at radius 3 is 2.93 bits per heavy atom. The highest BCUT2D eigenvalue weighted by Gasteiger charge is 2.25. The Morgan fingerprint density at radius 2 is 2.17 bits per heavy atom. The van der Waals surface area contributed by atoms with Crippen molar-refractivity contribution in [3.05, 3.63) is 58.8 Å². The van der Waals surface area contributed by atoms with Gasteiger partial charge < -0.3 is 15.1 Å². The molecule has 2 aromatic heterocycles. The van der Waals surface area contributed by atoms with Crippen molar-refractivity contribution in [3.8, 4) is 0 Å². The summed E-state index contributed by atoms with van der Waals surface area (Å²) in [4.78, 5) is 26.8. The van der Waals surface area contributed by atoms with Gasteiger partial charge in [0, 0.05) is 30.1 Å². The second-order valence-electron chi connectivity index (χ2n) is 7.33. The molecule has 3 heterocycles. The summed E-state index contributed by atoms with van der Waals surface area (Å²) in [7, 11) is 3.90. The number of carbonyl (C=O) groups excluding carboxylic acids is 1. The Bertz CT molecular complexity index is 1130. The van der Waals surface area contributed by atoms with Crippen LogP contribution in [0.2, 0.25) is 0 Å². The Labute approximate surface area is 176 Å². The molecule has 30 heavy (non-hydrogen) atoms. The molecular weight excluding hydrogens is 408 g/mol. The Kier molecular flexibility index (Phi) is 5.74. The predicted octanol–water partition coefficient (Wildman–Crippen LogP) is 3.72. The molecule has 9 heteroatoms. The molecule has 0 atom stereocenters. The van der Waals surface area contributed by atoms with Crippen molar-refractivity contribution in [1.29, 1.82) is 0 Å². The maximum absolute atomic E-state index is 14.1. The van der Waals surface area contributed by atoms with Gasteiger partial charge in [0.2, 0.25) is 5.91 Å². The van der Waals surface area contributed by atoms with E-state index in [9.17, 15) is 13.6 Å². The summed E-state index contributed by atoms with van der Waals surface area (Å²) < 4.78 is 27.3. The SMILES string of the molecule is CN(C)CC=CC(=O)N1CCc2c(sc3ncnc(Nc4ccc(F)cc4F)c23)C1. The van der Waals surface area contributed by atoms with Gasteiger partial charge in [0.05, 0.1) is 17.6 Å². The van der Waals surface area contributed by atoms with E-state index in [1.54, 1.807) is 6.08 Å². The quantitative estimate of drug-likeness (QED) is 0.627. The van der Waals surface area contributed by atoms with Crippen LogP contribution in [-0.2, 0) is 17.8 Å². The molecule has 1 amide bonds. The van der Waals surface area contributed by atoms with Gasteiger partial charge in [0.1, 0.15) is 28.6 Å². The van der Waals surface area contributed by atoms with Crippen LogP contribution in [0.5, 0.6) is 0 Å². The van der Waals surface area contributed by atoms with Crippen LogP contribution in [0.1, 0.15) is 10.4 Å². The fourth-order valence-corrected chi connectivity index (χ4v) is 4.60. The van der Waals surface area contributed by atoms with Crippen molar-refractivity contribution in [2.24, 2.45) is 0 Å². The van der Waals surface area contributed by atoms with Gasteiger partial charge in [-0.15, -0.1) is 11.3 Å². The summed E-state index contributed by atoms with van der Waals surface area (Å²) in [5.74, 6) is -0.859. The molecule has 1 N–H and O–H groups in total. The first-order valence-corrected chi connectivity index (χ1v) is 10.3. The number of nitrogens with zero attached hydrogens (tertiary/aromatic N) is 4. The molecule has 0 fully saturated rings. The van der Waals surface area contributed by atoms with Crippen LogP contribution < -0.4 is 5.32 Å². The van der Waals surface area contributed by atoms with E-state index in [1.165, 1.54) is 29.8 Å². The molecule has 3 aromatic rings. The number of anilines is 2. The number of nitrogens with one attached hydrogen (secondary N) is 1. The van der Waals surface area contributed by atoms with Crippen molar-refractivity contribution in [3.63, 3.8) is 0 Å². The first-order valence-electron chi connectivity index (χ1n) is 9.50. The fourth-order valence-electron chi connectivity index (χ4n) is 3.40. The smallest absolute Gasteiger partial charge is 0.246 e. The molecular formula is C21H21F2N5OS. The number of amides is 1. The lowest BCUT2D eigenvalue weighted by Crippen LogP contribution is -2.34. The molecule has 0 unspecified atom stereocenters. The number of aromatic nitrogens is 2. The number of hydrogen-bond donors (Lipinski definition) is 1. The van der Waals surface area contributed by atoms with E-state index in [1.807, 2.05) is 30.0 Å².